The molecule has 0 bridgehead atoms. The number of phenolic OH excluding ortho intramolecular Hbond substituents is 1. The molecule has 10 heteroatoms. The number of rotatable bonds is 6. The Morgan fingerprint density at radius 2 is 1.53 bits per heavy atom. The summed E-state index contributed by atoms with van der Waals surface area (Å²) in [6.07, 6.45) is 0. The van der Waals surface area contributed by atoms with Gasteiger partial charge in [-0.3, -0.25) is 0 Å². The van der Waals surface area contributed by atoms with Gasteiger partial charge in [0.1, 0.15) is 5.75 Å². The summed E-state index contributed by atoms with van der Waals surface area (Å²) >= 11 is 0.839. The van der Waals surface area contributed by atoms with Crippen LogP contribution in [0.15, 0.2) is 17.0 Å². The van der Waals surface area contributed by atoms with E-state index < -0.39 is 22.1 Å². The lowest BCUT2D eigenvalue weighted by molar-refractivity contribution is 0.0777. The Morgan fingerprint density at radius 1 is 1.11 bits per heavy atom. The summed E-state index contributed by atoms with van der Waals surface area (Å²) in [6, 6.07) is 3.20. The predicted octanol–water partition coefficient (Wildman–Crippen LogP) is 2.72. The molecule has 1 aromatic rings. The molecule has 0 aliphatic carbocycles. The fourth-order valence-corrected chi connectivity index (χ4v) is 3.25. The van der Waals surface area contributed by atoms with Crippen molar-refractivity contribution in [1.29, 1.82) is 0 Å². The molecule has 7 nitrogen and oxygen atoms in total. The van der Waals surface area contributed by atoms with Crippen LogP contribution >= 0.6 is 28.3 Å². The van der Waals surface area contributed by atoms with Gasteiger partial charge < -0.3 is 5.11 Å². The molecule has 3 N–H and O–H groups in total. The molecule has 0 aliphatic rings. The second kappa shape index (κ2) is 7.26. The molecule has 0 amide bonds. The monoisotopic (exact) mass is 326 g/mol. The summed E-state index contributed by atoms with van der Waals surface area (Å²) in [5.41, 5.74) is -0.198. The van der Waals surface area contributed by atoms with Gasteiger partial charge in [-0.25, -0.2) is 0 Å². The summed E-state index contributed by atoms with van der Waals surface area (Å²) < 4.78 is 30.1. The highest BCUT2D eigenvalue weighted by Crippen LogP contribution is 2.38. The highest BCUT2D eigenvalue weighted by atomic mass is 32.2. The standard InChI is InChI=1S/C9H10O7P2S/c1-5-3-7(4-6(2)8(5)10)19-9(15-17(11)12)16-18(13)14/h3-4,9H,1-2H3,(H-2,10,11,12,13,14)/p+2. The molecule has 0 radical (unpaired) electrons. The van der Waals surface area contributed by atoms with Crippen LogP contribution in [0.5, 0.6) is 5.75 Å². The number of phenols is 1. The predicted molar refractivity (Wildman–Crippen MR) is 69.0 cm³/mol. The molecule has 1 aromatic carbocycles. The first kappa shape index (κ1) is 16.5. The Labute approximate surface area is 115 Å². The van der Waals surface area contributed by atoms with Crippen molar-refractivity contribution >= 4 is 28.3 Å². The average Bonchev–Trinajstić information content (AvgIpc) is 2.23. The zero-order valence-electron chi connectivity index (χ0n) is 10.0. The lowest BCUT2D eigenvalue weighted by atomic mass is 10.1. The van der Waals surface area contributed by atoms with E-state index in [0.717, 1.165) is 11.8 Å². The molecule has 1 rings (SSSR count). The summed E-state index contributed by atoms with van der Waals surface area (Å²) in [7, 11) is -5.95. The van der Waals surface area contributed by atoms with Gasteiger partial charge in [-0.15, -0.1) is 9.79 Å². The van der Waals surface area contributed by atoms with E-state index in [9.17, 15) is 14.2 Å². The molecule has 0 fully saturated rings. The van der Waals surface area contributed by atoms with Crippen molar-refractivity contribution in [3.63, 3.8) is 0 Å². The average molecular weight is 326 g/mol. The molecule has 2 unspecified atom stereocenters. The number of hydrogen-bond acceptors (Lipinski definition) is 6. The van der Waals surface area contributed by atoms with E-state index in [-0.39, 0.29) is 5.75 Å². The van der Waals surface area contributed by atoms with Gasteiger partial charge in [-0.2, -0.15) is 0 Å². The first-order chi connectivity index (χ1) is 8.79. The quantitative estimate of drug-likeness (QED) is 0.415. The Kier molecular flexibility index (Phi) is 6.29. The van der Waals surface area contributed by atoms with E-state index in [4.69, 9.17) is 9.79 Å². The van der Waals surface area contributed by atoms with Gasteiger partial charge in [-0.05, 0) is 37.1 Å². The molecule has 0 aliphatic heterocycles. The molecule has 0 saturated carbocycles. The van der Waals surface area contributed by atoms with Gasteiger partial charge in [0, 0.05) is 14.0 Å². The first-order valence-electron chi connectivity index (χ1n) is 4.92. The van der Waals surface area contributed by atoms with Crippen molar-refractivity contribution in [2.24, 2.45) is 0 Å². The lowest BCUT2D eigenvalue weighted by Gasteiger charge is -2.08. The van der Waals surface area contributed by atoms with Crippen molar-refractivity contribution in [3.8, 4) is 5.75 Å². The van der Waals surface area contributed by atoms with Gasteiger partial charge >= 0.3 is 22.1 Å². The fourth-order valence-electron chi connectivity index (χ4n) is 1.30. The molecular weight excluding hydrogens is 314 g/mol. The van der Waals surface area contributed by atoms with Crippen LogP contribution in [0.1, 0.15) is 11.1 Å². The van der Waals surface area contributed by atoms with Crippen molar-refractivity contribution < 1.29 is 33.1 Å². The molecule has 0 heterocycles. The summed E-state index contributed by atoms with van der Waals surface area (Å²) in [6.45, 7) is 3.37. The number of aromatic hydroxyl groups is 1. The second-order valence-electron chi connectivity index (χ2n) is 3.50. The fraction of sp³-hybridized carbons (Fsp3) is 0.333. The third-order valence-electron chi connectivity index (χ3n) is 2.05. The van der Waals surface area contributed by atoms with Gasteiger partial charge in [0.05, 0.1) is 0 Å². The highest BCUT2D eigenvalue weighted by molar-refractivity contribution is 7.99. The third kappa shape index (κ3) is 5.50. The molecular formula is C9H12O7P2S+2. The van der Waals surface area contributed by atoms with Crippen LogP contribution < -0.4 is 0 Å². The van der Waals surface area contributed by atoms with Crippen LogP contribution in [-0.2, 0) is 18.2 Å². The zero-order chi connectivity index (χ0) is 14.6. The van der Waals surface area contributed by atoms with E-state index >= 15 is 0 Å². The molecule has 0 aromatic heterocycles. The van der Waals surface area contributed by atoms with Crippen LogP contribution in [0.3, 0.4) is 0 Å². The highest BCUT2D eigenvalue weighted by Gasteiger charge is 2.33. The van der Waals surface area contributed by atoms with Crippen LogP contribution in [0, 0.1) is 13.8 Å². The Morgan fingerprint density at radius 3 is 1.89 bits per heavy atom. The smallest absolute Gasteiger partial charge is 0.507 e. The van der Waals surface area contributed by atoms with Crippen LogP contribution in [0.25, 0.3) is 0 Å². The Balaban J connectivity index is 2.89. The molecule has 0 saturated heterocycles. The first-order valence-corrected chi connectivity index (χ1v) is 8.06. The summed E-state index contributed by atoms with van der Waals surface area (Å²) in [5, 5.41) is 9.61. The Bertz CT molecular complexity index is 468. The Hall–Kier alpha value is -0.590. The second-order valence-corrected chi connectivity index (χ2v) is 5.96. The van der Waals surface area contributed by atoms with E-state index in [1.165, 1.54) is 0 Å². The van der Waals surface area contributed by atoms with Crippen molar-refractivity contribution in [1.82, 2.24) is 0 Å². The van der Waals surface area contributed by atoms with Crippen molar-refractivity contribution in [2.45, 2.75) is 24.4 Å². The third-order valence-corrected chi connectivity index (χ3v) is 3.97. The summed E-state index contributed by atoms with van der Waals surface area (Å²) in [4.78, 5) is 17.9. The maximum atomic E-state index is 10.6. The molecule has 104 valence electrons. The van der Waals surface area contributed by atoms with Crippen LogP contribution in [0.4, 0.5) is 0 Å². The largest absolute Gasteiger partial charge is 0.698 e. The van der Waals surface area contributed by atoms with E-state index in [1.54, 1.807) is 26.0 Å². The molecule has 2 atom stereocenters. The van der Waals surface area contributed by atoms with Gasteiger partial charge in [0.25, 0.3) is 0 Å². The van der Waals surface area contributed by atoms with Gasteiger partial charge in [0.2, 0.25) is 0 Å². The number of thioether (sulfide) groups is 1. The minimum Gasteiger partial charge on any atom is -0.507 e. The zero-order valence-corrected chi connectivity index (χ0v) is 12.6. The maximum absolute atomic E-state index is 10.6. The van der Waals surface area contributed by atoms with Crippen molar-refractivity contribution in [3.05, 3.63) is 23.3 Å². The maximum Gasteiger partial charge on any atom is 0.698 e. The van der Waals surface area contributed by atoms with Crippen LogP contribution in [-0.4, -0.2) is 20.5 Å². The van der Waals surface area contributed by atoms with E-state index in [1.807, 2.05) is 0 Å². The SMILES string of the molecule is Cc1cc(SC(O[P+](=O)O)O[P+](=O)O)cc(C)c1O. The number of aryl methyl sites for hydroxylation is 2. The van der Waals surface area contributed by atoms with E-state index in [2.05, 4.69) is 9.05 Å². The van der Waals surface area contributed by atoms with Gasteiger partial charge in [0.15, 0.2) is 0 Å². The number of benzene rings is 1. The molecule has 0 spiro atoms. The topological polar surface area (TPSA) is 113 Å². The summed E-state index contributed by atoms with van der Waals surface area (Å²) in [5.74, 6) is 0.143. The van der Waals surface area contributed by atoms with Gasteiger partial charge in [-0.1, -0.05) is 20.8 Å². The minimum absolute atomic E-state index is 0.143. The number of hydrogen-bond donors (Lipinski definition) is 3. The van der Waals surface area contributed by atoms with Crippen molar-refractivity contribution in [2.75, 3.05) is 0 Å². The van der Waals surface area contributed by atoms with E-state index in [0.29, 0.717) is 16.0 Å². The minimum atomic E-state index is -2.97. The molecule has 19 heavy (non-hydrogen) atoms. The lowest BCUT2D eigenvalue weighted by Crippen LogP contribution is -2.05. The normalized spacial score (nSPS) is 14.1. The van der Waals surface area contributed by atoms with Crippen LogP contribution in [0.2, 0.25) is 0 Å².